The van der Waals surface area contributed by atoms with Crippen LogP contribution in [0.1, 0.15) is 31.6 Å². The molecule has 10 heteroatoms. The first-order chi connectivity index (χ1) is 16.9. The van der Waals surface area contributed by atoms with Gasteiger partial charge >= 0.3 is 216 Å². The minimum absolute atomic E-state index is 0.155. The Hall–Kier alpha value is -2.51. The van der Waals surface area contributed by atoms with Crippen LogP contribution in [-0.4, -0.2) is 39.6 Å². The molecule has 1 aromatic heterocycles. The van der Waals surface area contributed by atoms with Gasteiger partial charge < -0.3 is 0 Å². The molecule has 1 atom stereocenters. The fraction of sp³-hybridized carbons (Fsp3) is 0.192. The van der Waals surface area contributed by atoms with Crippen molar-refractivity contribution in [2.24, 2.45) is 0 Å². The van der Waals surface area contributed by atoms with E-state index in [2.05, 4.69) is 4.98 Å². The van der Waals surface area contributed by atoms with Crippen LogP contribution in [-0.2, 0) is 12.6 Å². The third kappa shape index (κ3) is 5.89. The van der Waals surface area contributed by atoms with Gasteiger partial charge in [0.15, 0.2) is 0 Å². The van der Waals surface area contributed by atoms with Crippen LogP contribution in [0.5, 0.6) is 5.75 Å². The molecular weight excluding hydrogens is 614 g/mol. The Morgan fingerprint density at radius 2 is 1.58 bits per heavy atom. The molecule has 3 aromatic carbocycles. The summed E-state index contributed by atoms with van der Waals surface area (Å²) in [4.78, 5) is 4.43. The van der Waals surface area contributed by atoms with Crippen LogP contribution in [0.3, 0.4) is 0 Å². The number of phenolic OH excluding ortho intramolecular Hbond substituents is 1. The Balaban J connectivity index is 1.72. The van der Waals surface area contributed by atoms with Crippen molar-refractivity contribution in [1.82, 2.24) is 4.98 Å². The van der Waals surface area contributed by atoms with Crippen LogP contribution >= 0.6 is 0 Å². The molecule has 0 spiro atoms. The average Bonchev–Trinajstić information content (AvgIpc) is 3.20. The molecule has 2 nitrogen and oxygen atoms in total. The normalized spacial score (nSPS) is 12.7. The summed E-state index contributed by atoms with van der Waals surface area (Å²) in [6.07, 6.45) is -4.20. The number of benzene rings is 3. The summed E-state index contributed by atoms with van der Waals surface area (Å²) in [5.41, 5.74) is 1.55. The van der Waals surface area contributed by atoms with E-state index in [1.807, 2.05) is 13.0 Å². The van der Waals surface area contributed by atoms with Crippen molar-refractivity contribution in [3.05, 3.63) is 98.9 Å². The maximum atomic E-state index is 13.9. The molecule has 0 saturated carbocycles. The molecular formula is C26H19F6NOSe2. The van der Waals surface area contributed by atoms with Crippen molar-refractivity contribution >= 4 is 33.9 Å². The number of aromatic hydroxyl groups is 1. The number of phenols is 1. The maximum absolute atomic E-state index is 13.9. The first-order valence-corrected chi connectivity index (χ1v) is 14.2. The Morgan fingerprint density at radius 1 is 0.944 bits per heavy atom. The van der Waals surface area contributed by atoms with Gasteiger partial charge in [0, 0.05) is 0 Å². The van der Waals surface area contributed by atoms with E-state index in [1.165, 1.54) is 12.1 Å². The van der Waals surface area contributed by atoms with Crippen LogP contribution in [0.4, 0.5) is 26.3 Å². The first kappa shape index (κ1) is 26.5. The summed E-state index contributed by atoms with van der Waals surface area (Å²) in [7, 11) is 0. The zero-order chi connectivity index (χ0) is 26.2. The number of alkyl halides is 3. The van der Waals surface area contributed by atoms with Crippen LogP contribution in [0, 0.1) is 31.3 Å². The summed E-state index contributed by atoms with van der Waals surface area (Å²) in [6, 6.07) is 12.0. The molecule has 0 amide bonds. The van der Waals surface area contributed by atoms with Gasteiger partial charge in [0.05, 0.1) is 0 Å². The average molecular weight is 633 g/mol. The van der Waals surface area contributed by atoms with E-state index in [-0.39, 0.29) is 46.4 Å². The molecule has 188 valence electrons. The molecule has 0 saturated heterocycles. The number of aromatic nitrogens is 1. The van der Waals surface area contributed by atoms with E-state index in [0.717, 1.165) is 38.9 Å². The van der Waals surface area contributed by atoms with E-state index in [9.17, 15) is 31.4 Å². The zero-order valence-electron chi connectivity index (χ0n) is 19.0. The molecule has 4 rings (SSSR count). The molecule has 1 N–H and O–H groups in total. The van der Waals surface area contributed by atoms with E-state index in [4.69, 9.17) is 0 Å². The SMILES string of the molecule is Cc1cc([Se]C(Cc2cc(F)c(F)c(F)c2)c2[se]c(-c3ccc(C(F)(F)F)cc3)nc2C)ccc1O. The van der Waals surface area contributed by atoms with Crippen LogP contribution in [0.25, 0.3) is 10.1 Å². The third-order valence-corrected chi connectivity index (χ3v) is 11.6. The van der Waals surface area contributed by atoms with Gasteiger partial charge in [0.1, 0.15) is 0 Å². The van der Waals surface area contributed by atoms with Crippen LogP contribution in [0.2, 0.25) is 0 Å². The molecule has 0 aliphatic carbocycles. The second-order valence-electron chi connectivity index (χ2n) is 8.18. The number of aryl methyl sites for hydroxylation is 2. The fourth-order valence-electron chi connectivity index (χ4n) is 3.63. The number of hydrogen-bond donors (Lipinski definition) is 1. The van der Waals surface area contributed by atoms with Crippen LogP contribution < -0.4 is 4.46 Å². The Morgan fingerprint density at radius 3 is 2.17 bits per heavy atom. The van der Waals surface area contributed by atoms with Gasteiger partial charge in [-0.2, -0.15) is 0 Å². The third-order valence-electron chi connectivity index (χ3n) is 5.50. The van der Waals surface area contributed by atoms with Gasteiger partial charge in [-0.25, -0.2) is 0 Å². The predicted octanol–water partition coefficient (Wildman–Crippen LogP) is 5.88. The molecule has 36 heavy (non-hydrogen) atoms. The predicted molar refractivity (Wildman–Crippen MR) is 127 cm³/mol. The van der Waals surface area contributed by atoms with Crippen molar-refractivity contribution in [2.45, 2.75) is 31.3 Å². The van der Waals surface area contributed by atoms with Gasteiger partial charge in [0.25, 0.3) is 0 Å². The summed E-state index contributed by atoms with van der Waals surface area (Å²) < 4.78 is 82.8. The topological polar surface area (TPSA) is 33.1 Å². The molecule has 1 heterocycles. The minimum atomic E-state index is -4.43. The van der Waals surface area contributed by atoms with E-state index in [0.29, 0.717) is 21.3 Å². The summed E-state index contributed by atoms with van der Waals surface area (Å²) >= 11 is -0.581. The van der Waals surface area contributed by atoms with Gasteiger partial charge in [-0.3, -0.25) is 0 Å². The number of nitrogens with zero attached hydrogens (tertiary/aromatic N) is 1. The first-order valence-electron chi connectivity index (χ1n) is 10.7. The van der Waals surface area contributed by atoms with E-state index in [1.54, 1.807) is 19.1 Å². The Kier molecular flexibility index (Phi) is 7.72. The van der Waals surface area contributed by atoms with Crippen molar-refractivity contribution < 1.29 is 31.4 Å². The van der Waals surface area contributed by atoms with E-state index < -0.39 is 29.2 Å². The Bertz CT molecular complexity index is 1380. The molecule has 1 unspecified atom stereocenters. The van der Waals surface area contributed by atoms with Gasteiger partial charge in [0.2, 0.25) is 0 Å². The fourth-order valence-corrected chi connectivity index (χ4v) is 9.56. The Labute approximate surface area is 215 Å². The summed E-state index contributed by atoms with van der Waals surface area (Å²) in [5, 5.41) is 9.88. The van der Waals surface area contributed by atoms with Crippen molar-refractivity contribution in [3.8, 4) is 15.9 Å². The van der Waals surface area contributed by atoms with E-state index >= 15 is 0 Å². The zero-order valence-corrected chi connectivity index (χ0v) is 22.4. The van der Waals surface area contributed by atoms with Gasteiger partial charge in [-0.05, 0) is 0 Å². The molecule has 0 bridgehead atoms. The van der Waals surface area contributed by atoms with Gasteiger partial charge in [-0.1, -0.05) is 0 Å². The van der Waals surface area contributed by atoms with Crippen molar-refractivity contribution in [2.75, 3.05) is 0 Å². The molecule has 0 fully saturated rings. The van der Waals surface area contributed by atoms with Crippen molar-refractivity contribution in [1.29, 1.82) is 0 Å². The molecule has 0 aliphatic rings. The molecule has 4 aromatic rings. The second kappa shape index (κ2) is 10.5. The number of rotatable bonds is 6. The molecule has 0 radical (unpaired) electrons. The number of hydrogen-bond acceptors (Lipinski definition) is 2. The quantitative estimate of drug-likeness (QED) is 0.164. The second-order valence-corrected chi connectivity index (χ2v) is 13.0. The molecule has 0 aliphatic heterocycles. The van der Waals surface area contributed by atoms with Gasteiger partial charge in [-0.15, -0.1) is 0 Å². The summed E-state index contributed by atoms with van der Waals surface area (Å²) in [5.74, 6) is -3.90. The van der Waals surface area contributed by atoms with Crippen molar-refractivity contribution in [3.63, 3.8) is 0 Å². The standard InChI is InChI=1S/C26H19F6NOSe2/c1-13-9-18(7-8-21(13)34)35-22(12-15-10-19(27)23(29)20(28)11-15)24-14(2)33-25(36-24)16-3-5-17(6-4-16)26(30,31)32/h3-11,22,34H,12H2,1-2H3. The monoisotopic (exact) mass is 635 g/mol. The number of halogens is 6. The van der Waals surface area contributed by atoms with Crippen LogP contribution in [0.15, 0.2) is 54.6 Å². The summed E-state index contributed by atoms with van der Waals surface area (Å²) in [6.45, 7) is 3.58.